The monoisotopic (exact) mass is 198 g/mol. The number of allylic oxidation sites excluding steroid dienone is 1. The second-order valence-corrected chi connectivity index (χ2v) is 3.21. The van der Waals surface area contributed by atoms with Crippen molar-refractivity contribution in [3.63, 3.8) is 0 Å². The molecular formula is C11H12F2O. The van der Waals surface area contributed by atoms with Gasteiger partial charge in [-0.15, -0.1) is 0 Å². The first-order chi connectivity index (χ1) is 6.54. The number of hydrogen-bond donors (Lipinski definition) is 0. The van der Waals surface area contributed by atoms with Gasteiger partial charge < -0.3 is 4.74 Å². The minimum atomic E-state index is -0.677. The van der Waals surface area contributed by atoms with E-state index in [4.69, 9.17) is 4.74 Å². The molecular weight excluding hydrogens is 186 g/mol. The van der Waals surface area contributed by atoms with Crippen molar-refractivity contribution >= 4 is 0 Å². The largest absolute Gasteiger partial charge is 0.493 e. The number of hydrogen-bond acceptors (Lipinski definition) is 1. The van der Waals surface area contributed by atoms with Crippen molar-refractivity contribution in [2.75, 3.05) is 7.11 Å². The van der Waals surface area contributed by atoms with E-state index < -0.39 is 11.6 Å². The lowest BCUT2D eigenvalue weighted by atomic mass is 10.1. The van der Waals surface area contributed by atoms with Gasteiger partial charge in [0.05, 0.1) is 7.11 Å². The third kappa shape index (κ3) is 2.31. The van der Waals surface area contributed by atoms with Gasteiger partial charge >= 0.3 is 0 Å². The summed E-state index contributed by atoms with van der Waals surface area (Å²) in [4.78, 5) is 0. The molecule has 0 aliphatic rings. The molecule has 0 atom stereocenters. The molecule has 1 aromatic rings. The Morgan fingerprint density at radius 2 is 2.07 bits per heavy atom. The summed E-state index contributed by atoms with van der Waals surface area (Å²) in [5, 5.41) is 0. The highest BCUT2D eigenvalue weighted by Crippen LogP contribution is 2.25. The molecule has 0 aromatic heterocycles. The third-order valence-corrected chi connectivity index (χ3v) is 1.78. The van der Waals surface area contributed by atoms with Crippen molar-refractivity contribution in [2.24, 2.45) is 0 Å². The standard InChI is InChI=1S/C11H12F2O/c1-7(2)4-8-5-9(12)6-10(13)11(8)14-3/h5-6H,1,4H2,2-3H3. The third-order valence-electron chi connectivity index (χ3n) is 1.78. The van der Waals surface area contributed by atoms with Crippen LogP contribution in [0, 0.1) is 11.6 Å². The van der Waals surface area contributed by atoms with Crippen LogP contribution < -0.4 is 4.74 Å². The van der Waals surface area contributed by atoms with Crippen LogP contribution in [0.15, 0.2) is 24.3 Å². The highest BCUT2D eigenvalue weighted by atomic mass is 19.1. The van der Waals surface area contributed by atoms with Crippen LogP contribution in [0.2, 0.25) is 0 Å². The Morgan fingerprint density at radius 1 is 1.43 bits per heavy atom. The van der Waals surface area contributed by atoms with E-state index in [0.29, 0.717) is 12.0 Å². The van der Waals surface area contributed by atoms with E-state index in [9.17, 15) is 8.78 Å². The fourth-order valence-corrected chi connectivity index (χ4v) is 1.30. The van der Waals surface area contributed by atoms with Gasteiger partial charge in [0.2, 0.25) is 0 Å². The molecule has 0 radical (unpaired) electrons. The first kappa shape index (κ1) is 10.7. The number of rotatable bonds is 3. The Hall–Kier alpha value is -1.38. The number of ether oxygens (including phenoxy) is 1. The minimum absolute atomic E-state index is 0.0920. The molecule has 0 saturated carbocycles. The van der Waals surface area contributed by atoms with Crippen LogP contribution in [0.25, 0.3) is 0 Å². The zero-order valence-electron chi connectivity index (χ0n) is 8.23. The van der Waals surface area contributed by atoms with Crippen LogP contribution in [0.5, 0.6) is 5.75 Å². The van der Waals surface area contributed by atoms with Gasteiger partial charge in [-0.05, 0) is 19.4 Å². The van der Waals surface area contributed by atoms with Crippen molar-refractivity contribution in [1.29, 1.82) is 0 Å². The second-order valence-electron chi connectivity index (χ2n) is 3.21. The van der Waals surface area contributed by atoms with E-state index in [2.05, 4.69) is 6.58 Å². The molecule has 1 rings (SSSR count). The van der Waals surface area contributed by atoms with Gasteiger partial charge in [0.1, 0.15) is 5.82 Å². The van der Waals surface area contributed by atoms with Crippen molar-refractivity contribution < 1.29 is 13.5 Å². The number of benzene rings is 1. The molecule has 0 fully saturated rings. The first-order valence-corrected chi connectivity index (χ1v) is 4.21. The summed E-state index contributed by atoms with van der Waals surface area (Å²) in [6.07, 6.45) is 0.415. The minimum Gasteiger partial charge on any atom is -0.493 e. The second kappa shape index (κ2) is 4.22. The Morgan fingerprint density at radius 3 is 2.57 bits per heavy atom. The van der Waals surface area contributed by atoms with Crippen molar-refractivity contribution in [1.82, 2.24) is 0 Å². The van der Waals surface area contributed by atoms with Crippen LogP contribution in [-0.2, 0) is 6.42 Å². The van der Waals surface area contributed by atoms with Crippen LogP contribution in [0.1, 0.15) is 12.5 Å². The fraction of sp³-hybridized carbons (Fsp3) is 0.273. The topological polar surface area (TPSA) is 9.23 Å². The molecule has 0 unspecified atom stereocenters. The highest BCUT2D eigenvalue weighted by Gasteiger charge is 2.11. The maximum absolute atomic E-state index is 13.2. The summed E-state index contributed by atoms with van der Waals surface area (Å²) in [5.41, 5.74) is 1.31. The zero-order chi connectivity index (χ0) is 10.7. The maximum atomic E-state index is 13.2. The van der Waals surface area contributed by atoms with Crippen LogP contribution in [0.3, 0.4) is 0 Å². The first-order valence-electron chi connectivity index (χ1n) is 4.21. The Kier molecular flexibility index (Phi) is 3.23. The summed E-state index contributed by atoms with van der Waals surface area (Å²) >= 11 is 0. The molecule has 0 amide bonds. The van der Waals surface area contributed by atoms with Crippen molar-refractivity contribution in [2.45, 2.75) is 13.3 Å². The van der Waals surface area contributed by atoms with E-state index in [1.165, 1.54) is 13.2 Å². The van der Waals surface area contributed by atoms with Crippen molar-refractivity contribution in [3.05, 3.63) is 41.5 Å². The normalized spacial score (nSPS) is 10.0. The predicted molar refractivity (Wildman–Crippen MR) is 51.4 cm³/mol. The summed E-state index contributed by atoms with van der Waals surface area (Å²) in [6.45, 7) is 5.48. The molecule has 1 nitrogen and oxygen atoms in total. The maximum Gasteiger partial charge on any atom is 0.168 e. The van der Waals surface area contributed by atoms with Gasteiger partial charge in [-0.25, -0.2) is 8.78 Å². The molecule has 1 aromatic carbocycles. The Labute approximate surface area is 82.0 Å². The molecule has 76 valence electrons. The van der Waals surface area contributed by atoms with E-state index in [1.807, 2.05) is 0 Å². The molecule has 0 saturated heterocycles. The van der Waals surface area contributed by atoms with Gasteiger partial charge in [-0.2, -0.15) is 0 Å². The molecule has 0 spiro atoms. The molecule has 0 heterocycles. The van der Waals surface area contributed by atoms with E-state index in [0.717, 1.165) is 11.6 Å². The van der Waals surface area contributed by atoms with Gasteiger partial charge in [0.15, 0.2) is 11.6 Å². The molecule has 14 heavy (non-hydrogen) atoms. The smallest absolute Gasteiger partial charge is 0.168 e. The molecule has 3 heteroatoms. The zero-order valence-corrected chi connectivity index (χ0v) is 8.23. The molecule has 0 aliphatic carbocycles. The summed E-state index contributed by atoms with van der Waals surface area (Å²) in [5.74, 6) is -1.18. The van der Waals surface area contributed by atoms with Crippen LogP contribution in [0.4, 0.5) is 8.78 Å². The van der Waals surface area contributed by atoms with E-state index in [1.54, 1.807) is 6.92 Å². The lowest BCUT2D eigenvalue weighted by Gasteiger charge is -2.09. The van der Waals surface area contributed by atoms with Crippen LogP contribution >= 0.6 is 0 Å². The van der Waals surface area contributed by atoms with Gasteiger partial charge in [-0.3, -0.25) is 0 Å². The van der Waals surface area contributed by atoms with Crippen LogP contribution in [-0.4, -0.2) is 7.11 Å². The highest BCUT2D eigenvalue weighted by molar-refractivity contribution is 5.37. The van der Waals surface area contributed by atoms with E-state index in [-0.39, 0.29) is 5.75 Å². The summed E-state index contributed by atoms with van der Waals surface area (Å²) in [6, 6.07) is 2.07. The van der Waals surface area contributed by atoms with Gasteiger partial charge in [-0.1, -0.05) is 12.2 Å². The Balaban J connectivity index is 3.17. The van der Waals surface area contributed by atoms with E-state index >= 15 is 0 Å². The number of methoxy groups -OCH3 is 1. The average Bonchev–Trinajstić information content (AvgIpc) is 2.01. The number of halogens is 2. The quantitative estimate of drug-likeness (QED) is 0.678. The summed E-state index contributed by atoms with van der Waals surface area (Å²) < 4.78 is 30.9. The van der Waals surface area contributed by atoms with Gasteiger partial charge in [0.25, 0.3) is 0 Å². The molecule has 0 aliphatic heterocycles. The molecule has 0 bridgehead atoms. The average molecular weight is 198 g/mol. The fourth-order valence-electron chi connectivity index (χ4n) is 1.30. The van der Waals surface area contributed by atoms with Gasteiger partial charge in [0, 0.05) is 11.6 Å². The predicted octanol–water partition coefficient (Wildman–Crippen LogP) is 3.09. The molecule has 0 N–H and O–H groups in total. The van der Waals surface area contributed by atoms with Crippen molar-refractivity contribution in [3.8, 4) is 5.75 Å². The lowest BCUT2D eigenvalue weighted by molar-refractivity contribution is 0.379. The summed E-state index contributed by atoms with van der Waals surface area (Å²) in [7, 11) is 1.36. The Bertz CT molecular complexity index is 359. The lowest BCUT2D eigenvalue weighted by Crippen LogP contribution is -1.97. The SMILES string of the molecule is C=C(C)Cc1cc(F)cc(F)c1OC.